The highest BCUT2D eigenvalue weighted by molar-refractivity contribution is 6.28. The van der Waals surface area contributed by atoms with Crippen LogP contribution in [0.3, 0.4) is 0 Å². The van der Waals surface area contributed by atoms with Crippen LogP contribution >= 0.6 is 0 Å². The molecule has 0 aliphatic heterocycles. The number of hydrogen-bond donors (Lipinski definition) is 1. The van der Waals surface area contributed by atoms with Crippen LogP contribution in [-0.4, -0.2) is 17.0 Å². The van der Waals surface area contributed by atoms with Crippen LogP contribution < -0.4 is 0 Å². The number of benzene rings is 1. The van der Waals surface area contributed by atoms with E-state index < -0.39 is 18.0 Å². The van der Waals surface area contributed by atoms with Crippen LogP contribution in [0.25, 0.3) is 0 Å². The minimum absolute atomic E-state index is 0.496. The predicted molar refractivity (Wildman–Crippen MR) is 57.9 cm³/mol. The van der Waals surface area contributed by atoms with E-state index in [4.69, 9.17) is 9.84 Å². The first-order chi connectivity index (χ1) is 7.54. The van der Waals surface area contributed by atoms with E-state index in [2.05, 4.69) is 0 Å². The van der Waals surface area contributed by atoms with E-state index in [1.807, 2.05) is 38.1 Å². The average molecular weight is 222 g/mol. The summed E-state index contributed by atoms with van der Waals surface area (Å²) < 4.78 is 4.85. The van der Waals surface area contributed by atoms with Gasteiger partial charge in [0, 0.05) is 0 Å². The number of hydrogen-bond acceptors (Lipinski definition) is 3. The quantitative estimate of drug-likeness (QED) is 0.628. The van der Waals surface area contributed by atoms with Gasteiger partial charge in [0.05, 0.1) is 0 Å². The summed E-state index contributed by atoms with van der Waals surface area (Å²) in [6, 6.07) is 7.45. The minimum atomic E-state index is -1.56. The van der Waals surface area contributed by atoms with E-state index in [1.54, 1.807) is 0 Å². The molecule has 1 rings (SSSR count). The molecule has 4 nitrogen and oxygen atoms in total. The molecule has 0 bridgehead atoms. The molecule has 86 valence electrons. The van der Waals surface area contributed by atoms with Gasteiger partial charge in [-0.05, 0) is 18.9 Å². The van der Waals surface area contributed by atoms with Crippen LogP contribution in [0, 0.1) is 6.92 Å². The zero-order valence-corrected chi connectivity index (χ0v) is 9.27. The van der Waals surface area contributed by atoms with Crippen molar-refractivity contribution in [2.45, 2.75) is 26.4 Å². The number of aliphatic carboxylic acids is 1. The molecule has 16 heavy (non-hydrogen) atoms. The van der Waals surface area contributed by atoms with Gasteiger partial charge < -0.3 is 9.84 Å². The Morgan fingerprint density at radius 3 is 2.31 bits per heavy atom. The van der Waals surface area contributed by atoms with Gasteiger partial charge in [-0.3, -0.25) is 0 Å². The predicted octanol–water partition coefficient (Wildman–Crippen LogP) is 2.07. The molecule has 1 unspecified atom stereocenters. The van der Waals surface area contributed by atoms with E-state index in [0.717, 1.165) is 11.1 Å². The van der Waals surface area contributed by atoms with Crippen molar-refractivity contribution < 1.29 is 19.4 Å². The minimum Gasteiger partial charge on any atom is -0.473 e. The van der Waals surface area contributed by atoms with Gasteiger partial charge in [0.15, 0.2) is 0 Å². The summed E-state index contributed by atoms with van der Waals surface area (Å²) in [5, 5.41) is 8.44. The molecule has 0 aromatic heterocycles. The van der Waals surface area contributed by atoms with Crippen LogP contribution in [0.5, 0.6) is 0 Å². The van der Waals surface area contributed by atoms with Crippen LogP contribution in [0.1, 0.15) is 30.6 Å². The summed E-state index contributed by atoms with van der Waals surface area (Å²) >= 11 is 0. The van der Waals surface area contributed by atoms with Gasteiger partial charge in [0.1, 0.15) is 6.10 Å². The Morgan fingerprint density at radius 1 is 1.31 bits per heavy atom. The molecule has 1 N–H and O–H groups in total. The molecule has 1 atom stereocenters. The third kappa shape index (κ3) is 3.08. The van der Waals surface area contributed by atoms with E-state index in [0.29, 0.717) is 6.42 Å². The van der Waals surface area contributed by atoms with Crippen LogP contribution in [0.2, 0.25) is 0 Å². The van der Waals surface area contributed by atoms with Gasteiger partial charge in [0.25, 0.3) is 0 Å². The van der Waals surface area contributed by atoms with Crippen molar-refractivity contribution >= 4 is 11.9 Å². The fourth-order valence-corrected chi connectivity index (χ4v) is 1.35. The molecule has 0 saturated carbocycles. The maximum absolute atomic E-state index is 10.9. The lowest BCUT2D eigenvalue weighted by molar-refractivity contribution is -0.167. The van der Waals surface area contributed by atoms with Crippen molar-refractivity contribution in [1.29, 1.82) is 0 Å². The Labute approximate surface area is 93.9 Å². The molecule has 0 amide bonds. The number of carboxylic acid groups (broad SMARTS) is 1. The molecule has 0 saturated heterocycles. The highest BCUT2D eigenvalue weighted by Gasteiger charge is 2.19. The lowest BCUT2D eigenvalue weighted by Crippen LogP contribution is -2.19. The van der Waals surface area contributed by atoms with Crippen molar-refractivity contribution in [3.8, 4) is 0 Å². The van der Waals surface area contributed by atoms with Gasteiger partial charge in [0.2, 0.25) is 0 Å². The number of carboxylic acids is 1. The van der Waals surface area contributed by atoms with Crippen molar-refractivity contribution in [2.24, 2.45) is 0 Å². The second-order valence-electron chi connectivity index (χ2n) is 3.52. The van der Waals surface area contributed by atoms with Crippen molar-refractivity contribution in [3.63, 3.8) is 0 Å². The molecule has 0 radical (unpaired) electrons. The number of esters is 1. The van der Waals surface area contributed by atoms with Gasteiger partial charge in [-0.1, -0.05) is 36.8 Å². The first-order valence-corrected chi connectivity index (χ1v) is 5.05. The summed E-state index contributed by atoms with van der Waals surface area (Å²) in [7, 11) is 0. The second kappa shape index (κ2) is 5.30. The monoisotopic (exact) mass is 222 g/mol. The number of rotatable bonds is 3. The Bertz CT molecular complexity index is 381. The topological polar surface area (TPSA) is 63.6 Å². The lowest BCUT2D eigenvalue weighted by Gasteiger charge is -2.15. The maximum Gasteiger partial charge on any atom is 0.417 e. The molecular formula is C12H14O4. The van der Waals surface area contributed by atoms with Crippen LogP contribution in [-0.2, 0) is 14.3 Å². The van der Waals surface area contributed by atoms with Crippen molar-refractivity contribution in [1.82, 2.24) is 0 Å². The third-order valence-corrected chi connectivity index (χ3v) is 2.24. The normalized spacial score (nSPS) is 11.9. The Hall–Kier alpha value is -1.84. The molecule has 0 fully saturated rings. The molecule has 1 aromatic carbocycles. The first kappa shape index (κ1) is 12.2. The number of carbonyl (C=O) groups excluding carboxylic acids is 1. The highest BCUT2D eigenvalue weighted by atomic mass is 16.6. The zero-order valence-electron chi connectivity index (χ0n) is 9.27. The lowest BCUT2D eigenvalue weighted by atomic mass is 10.1. The highest BCUT2D eigenvalue weighted by Crippen LogP contribution is 2.21. The summed E-state index contributed by atoms with van der Waals surface area (Å²) in [5.74, 6) is -2.78. The summed E-state index contributed by atoms with van der Waals surface area (Å²) in [5.41, 5.74) is 1.91. The van der Waals surface area contributed by atoms with Gasteiger partial charge >= 0.3 is 11.9 Å². The number of carbonyl (C=O) groups is 2. The molecule has 0 aliphatic carbocycles. The summed E-state index contributed by atoms with van der Waals surface area (Å²) in [6.45, 7) is 3.79. The van der Waals surface area contributed by atoms with E-state index in [1.165, 1.54) is 0 Å². The largest absolute Gasteiger partial charge is 0.473 e. The van der Waals surface area contributed by atoms with Crippen LogP contribution in [0.15, 0.2) is 24.3 Å². The van der Waals surface area contributed by atoms with Gasteiger partial charge in [-0.25, -0.2) is 9.59 Å². The molecular weight excluding hydrogens is 208 g/mol. The molecule has 0 spiro atoms. The fourth-order valence-electron chi connectivity index (χ4n) is 1.35. The molecule has 0 aliphatic rings. The van der Waals surface area contributed by atoms with Crippen molar-refractivity contribution in [3.05, 3.63) is 35.4 Å². The summed E-state index contributed by atoms with van der Waals surface area (Å²) in [6.07, 6.45) is 0.0476. The van der Waals surface area contributed by atoms with Crippen molar-refractivity contribution in [2.75, 3.05) is 0 Å². The van der Waals surface area contributed by atoms with Crippen LogP contribution in [0.4, 0.5) is 0 Å². The smallest absolute Gasteiger partial charge is 0.417 e. The summed E-state index contributed by atoms with van der Waals surface area (Å²) in [4.78, 5) is 21.3. The first-order valence-electron chi connectivity index (χ1n) is 5.05. The molecule has 4 heteroatoms. The second-order valence-corrected chi connectivity index (χ2v) is 3.52. The number of aryl methyl sites for hydroxylation is 1. The Kier molecular flexibility index (Phi) is 4.05. The van der Waals surface area contributed by atoms with E-state index in [9.17, 15) is 9.59 Å². The molecule has 0 heterocycles. The maximum atomic E-state index is 10.9. The van der Waals surface area contributed by atoms with E-state index in [-0.39, 0.29) is 0 Å². The Morgan fingerprint density at radius 2 is 1.88 bits per heavy atom. The average Bonchev–Trinajstić information content (AvgIpc) is 2.26. The zero-order chi connectivity index (χ0) is 12.1. The number of ether oxygens (including phenoxy) is 1. The third-order valence-electron chi connectivity index (χ3n) is 2.24. The van der Waals surface area contributed by atoms with Gasteiger partial charge in [-0.2, -0.15) is 0 Å². The fraction of sp³-hybridized carbons (Fsp3) is 0.333. The Balaban J connectivity index is 2.78. The van der Waals surface area contributed by atoms with Gasteiger partial charge in [-0.15, -0.1) is 0 Å². The van der Waals surface area contributed by atoms with E-state index >= 15 is 0 Å². The standard InChI is InChI=1S/C12H14O4/c1-3-10(16-12(15)11(13)14)9-6-4-8(2)5-7-9/h4-7,10H,3H2,1-2H3,(H,13,14). The SMILES string of the molecule is CCC(OC(=O)C(=O)O)c1ccc(C)cc1. The molecule has 1 aromatic rings.